The lowest BCUT2D eigenvalue weighted by molar-refractivity contribution is -0.123. The van der Waals surface area contributed by atoms with E-state index in [1.165, 1.54) is 6.07 Å². The van der Waals surface area contributed by atoms with Gasteiger partial charge >= 0.3 is 0 Å². The Bertz CT molecular complexity index is 1320. The van der Waals surface area contributed by atoms with E-state index in [9.17, 15) is 18.8 Å². The number of hydrogen-bond donors (Lipinski definition) is 1. The van der Waals surface area contributed by atoms with Crippen LogP contribution >= 0.6 is 11.8 Å². The molecule has 1 aliphatic rings. The Kier molecular flexibility index (Phi) is 7.31. The molecule has 0 bridgehead atoms. The van der Waals surface area contributed by atoms with Crippen molar-refractivity contribution in [3.8, 4) is 5.75 Å². The van der Waals surface area contributed by atoms with Crippen LogP contribution in [-0.4, -0.2) is 28.6 Å². The highest BCUT2D eigenvalue weighted by molar-refractivity contribution is 8.18. The van der Waals surface area contributed by atoms with E-state index in [0.29, 0.717) is 11.3 Å². The Morgan fingerprint density at radius 2 is 1.80 bits per heavy atom. The van der Waals surface area contributed by atoms with E-state index in [0.717, 1.165) is 33.5 Å². The number of carbonyl (C=O) groups excluding carboxylic acids is 3. The van der Waals surface area contributed by atoms with Crippen LogP contribution in [0, 0.1) is 19.7 Å². The van der Waals surface area contributed by atoms with Crippen LogP contribution in [0.4, 0.5) is 14.9 Å². The van der Waals surface area contributed by atoms with E-state index in [2.05, 4.69) is 5.32 Å². The number of aryl methyl sites for hydroxylation is 2. The van der Waals surface area contributed by atoms with Gasteiger partial charge in [0.05, 0.1) is 11.4 Å². The van der Waals surface area contributed by atoms with Gasteiger partial charge in [0.2, 0.25) is 0 Å². The monoisotopic (exact) mass is 490 g/mol. The molecule has 8 heteroatoms. The van der Waals surface area contributed by atoms with Crippen molar-refractivity contribution >= 4 is 40.6 Å². The third-order valence-corrected chi connectivity index (χ3v) is 6.27. The van der Waals surface area contributed by atoms with Crippen molar-refractivity contribution in [2.45, 2.75) is 20.4 Å². The van der Waals surface area contributed by atoms with Gasteiger partial charge in [-0.2, -0.15) is 0 Å². The number of amides is 3. The molecule has 3 aromatic rings. The Hall–Kier alpha value is -3.91. The molecule has 6 nitrogen and oxygen atoms in total. The molecule has 1 heterocycles. The van der Waals surface area contributed by atoms with Crippen molar-refractivity contribution < 1.29 is 23.5 Å². The predicted molar refractivity (Wildman–Crippen MR) is 134 cm³/mol. The number of halogens is 1. The number of carbonyl (C=O) groups is 3. The van der Waals surface area contributed by atoms with Gasteiger partial charge < -0.3 is 10.1 Å². The highest BCUT2D eigenvalue weighted by Crippen LogP contribution is 2.33. The van der Waals surface area contributed by atoms with Crippen LogP contribution in [0.3, 0.4) is 0 Å². The molecular weight excluding hydrogens is 467 g/mol. The number of benzene rings is 3. The highest BCUT2D eigenvalue weighted by atomic mass is 32.2. The van der Waals surface area contributed by atoms with Crippen LogP contribution < -0.4 is 10.1 Å². The van der Waals surface area contributed by atoms with E-state index >= 15 is 0 Å². The first kappa shape index (κ1) is 24.2. The molecule has 0 spiro atoms. The fourth-order valence-corrected chi connectivity index (χ4v) is 4.37. The third kappa shape index (κ3) is 5.96. The molecule has 1 saturated heterocycles. The van der Waals surface area contributed by atoms with Gasteiger partial charge in [-0.3, -0.25) is 19.3 Å². The molecule has 35 heavy (non-hydrogen) atoms. The lowest BCUT2D eigenvalue weighted by Gasteiger charge is -2.12. The first-order chi connectivity index (χ1) is 16.8. The Morgan fingerprint density at radius 3 is 2.51 bits per heavy atom. The van der Waals surface area contributed by atoms with Crippen LogP contribution in [0.15, 0.2) is 71.6 Å². The summed E-state index contributed by atoms with van der Waals surface area (Å²) in [6.07, 6.45) is 1.60. The first-order valence-electron chi connectivity index (χ1n) is 10.9. The lowest BCUT2D eigenvalue weighted by Crippen LogP contribution is -2.27. The second-order valence-electron chi connectivity index (χ2n) is 8.08. The molecular formula is C27H23FN2O4S. The largest absolute Gasteiger partial charge is 0.484 e. The number of hydrogen-bond acceptors (Lipinski definition) is 5. The topological polar surface area (TPSA) is 75.7 Å². The summed E-state index contributed by atoms with van der Waals surface area (Å²) in [5.41, 5.74) is 3.80. The third-order valence-electron chi connectivity index (χ3n) is 5.36. The predicted octanol–water partition coefficient (Wildman–Crippen LogP) is 5.70. The van der Waals surface area contributed by atoms with Crippen LogP contribution in [0.25, 0.3) is 6.08 Å². The van der Waals surface area contributed by atoms with Crippen molar-refractivity contribution in [1.82, 2.24) is 4.90 Å². The number of ether oxygens (including phenoxy) is 1. The second-order valence-corrected chi connectivity index (χ2v) is 9.08. The van der Waals surface area contributed by atoms with Gasteiger partial charge in [-0.05, 0) is 67.1 Å². The summed E-state index contributed by atoms with van der Waals surface area (Å²) in [5, 5.41) is 2.38. The van der Waals surface area contributed by atoms with Crippen LogP contribution in [0.1, 0.15) is 22.3 Å². The minimum Gasteiger partial charge on any atom is -0.484 e. The molecule has 3 amide bonds. The van der Waals surface area contributed by atoms with E-state index in [1.807, 2.05) is 32.0 Å². The lowest BCUT2D eigenvalue weighted by atomic mass is 10.1. The normalized spacial score (nSPS) is 14.5. The summed E-state index contributed by atoms with van der Waals surface area (Å²) in [4.78, 5) is 38.5. The molecule has 1 fully saturated rings. The molecule has 178 valence electrons. The number of imide groups is 1. The number of nitrogens with one attached hydrogen (secondary N) is 1. The number of rotatable bonds is 7. The number of anilines is 1. The molecule has 1 N–H and O–H groups in total. The summed E-state index contributed by atoms with van der Waals surface area (Å²) >= 11 is 0.815. The minimum absolute atomic E-state index is 0.119. The summed E-state index contributed by atoms with van der Waals surface area (Å²) in [6.45, 7) is 3.65. The van der Waals surface area contributed by atoms with Crippen LogP contribution in [-0.2, 0) is 16.1 Å². The standard InChI is InChI=1S/C27H23FN2O4S/c1-17-7-12-23(18(2)13-17)29-25(31)16-34-21-10-8-19(9-11-21)14-24-26(32)30(27(33)35-24)15-20-5-3-4-6-22(20)28/h3-14H,15-16H2,1-2H3,(H,29,31)/b24-14-. The van der Waals surface area contributed by atoms with E-state index in [1.54, 1.807) is 48.5 Å². The van der Waals surface area contributed by atoms with Gasteiger partial charge in [0.15, 0.2) is 6.61 Å². The Balaban J connectivity index is 1.35. The zero-order valence-electron chi connectivity index (χ0n) is 19.2. The van der Waals surface area contributed by atoms with Crippen molar-refractivity contribution in [1.29, 1.82) is 0 Å². The van der Waals surface area contributed by atoms with Gasteiger partial charge in [-0.1, -0.05) is 48.0 Å². The summed E-state index contributed by atoms with van der Waals surface area (Å²) in [5.74, 6) is -0.712. The van der Waals surface area contributed by atoms with Crippen LogP contribution in [0.2, 0.25) is 0 Å². The molecule has 0 aromatic heterocycles. The van der Waals surface area contributed by atoms with Gasteiger partial charge in [0.1, 0.15) is 11.6 Å². The van der Waals surface area contributed by atoms with Gasteiger partial charge in [0.25, 0.3) is 17.1 Å². The maximum Gasteiger partial charge on any atom is 0.293 e. The van der Waals surface area contributed by atoms with Crippen LogP contribution in [0.5, 0.6) is 5.75 Å². The second kappa shape index (κ2) is 10.6. The molecule has 0 unspecified atom stereocenters. The average molecular weight is 491 g/mol. The molecule has 4 rings (SSSR count). The fourth-order valence-electron chi connectivity index (χ4n) is 3.53. The zero-order valence-corrected chi connectivity index (χ0v) is 20.0. The molecule has 0 aliphatic carbocycles. The highest BCUT2D eigenvalue weighted by Gasteiger charge is 2.35. The molecule has 0 saturated carbocycles. The van der Waals surface area contributed by atoms with Gasteiger partial charge in [-0.15, -0.1) is 0 Å². The van der Waals surface area contributed by atoms with E-state index in [-0.39, 0.29) is 29.5 Å². The molecule has 1 aliphatic heterocycles. The fraction of sp³-hybridized carbons (Fsp3) is 0.148. The average Bonchev–Trinajstić information content (AvgIpc) is 3.09. The number of thioether (sulfide) groups is 1. The molecule has 0 atom stereocenters. The molecule has 3 aromatic carbocycles. The minimum atomic E-state index is -0.466. The van der Waals surface area contributed by atoms with E-state index in [4.69, 9.17) is 4.74 Å². The van der Waals surface area contributed by atoms with Gasteiger partial charge in [-0.25, -0.2) is 4.39 Å². The number of nitrogens with zero attached hydrogens (tertiary/aromatic N) is 1. The summed E-state index contributed by atoms with van der Waals surface area (Å²) in [7, 11) is 0. The van der Waals surface area contributed by atoms with Crippen molar-refractivity contribution in [2.75, 3.05) is 11.9 Å². The van der Waals surface area contributed by atoms with Crippen molar-refractivity contribution in [2.24, 2.45) is 0 Å². The SMILES string of the molecule is Cc1ccc(NC(=O)COc2ccc(/C=C3\SC(=O)N(Cc4ccccc4F)C3=O)cc2)c(C)c1. The Labute approximate surface area is 206 Å². The molecule has 0 radical (unpaired) electrons. The summed E-state index contributed by atoms with van der Waals surface area (Å²) < 4.78 is 19.5. The maximum absolute atomic E-state index is 13.9. The maximum atomic E-state index is 13.9. The zero-order chi connectivity index (χ0) is 24.9. The Morgan fingerprint density at radius 1 is 1.06 bits per heavy atom. The first-order valence-corrected chi connectivity index (χ1v) is 11.7. The summed E-state index contributed by atoms with van der Waals surface area (Å²) in [6, 6.07) is 18.6. The van der Waals surface area contributed by atoms with E-state index < -0.39 is 17.0 Å². The van der Waals surface area contributed by atoms with Crippen molar-refractivity contribution in [3.05, 3.63) is 99.7 Å². The van der Waals surface area contributed by atoms with Gasteiger partial charge in [0, 0.05) is 11.3 Å². The van der Waals surface area contributed by atoms with Crippen molar-refractivity contribution in [3.63, 3.8) is 0 Å². The quantitative estimate of drug-likeness (QED) is 0.430. The smallest absolute Gasteiger partial charge is 0.293 e.